The number of aromatic nitrogens is 6. The highest BCUT2D eigenvalue weighted by molar-refractivity contribution is 5.79. The predicted octanol–water partition coefficient (Wildman–Crippen LogP) is 4.06. The van der Waals surface area contributed by atoms with E-state index in [2.05, 4.69) is 50.7 Å². The number of nitrogens with zero attached hydrogens (tertiary/aromatic N) is 7. The Morgan fingerprint density at radius 3 is 2.69 bits per heavy atom. The molecule has 7 heterocycles. The molecular formula is C28H32N8. The molecule has 1 N–H and O–H groups in total. The van der Waals surface area contributed by atoms with Gasteiger partial charge in [0, 0.05) is 49.6 Å². The average molecular weight is 481 g/mol. The first-order valence-electron chi connectivity index (χ1n) is 13.1. The highest BCUT2D eigenvalue weighted by atomic mass is 15.2. The van der Waals surface area contributed by atoms with Crippen LogP contribution in [0, 0.1) is 6.92 Å². The SMILES string of the molecule is Cc1cccc(-c2nc3n(c2-c2ccnc(-c4nc5c([nH]4)CN(C4CCN(C)CC4)C5)c2)CCC3)n1. The molecule has 0 radical (unpaired) electrons. The number of piperidine rings is 1. The fourth-order valence-electron chi connectivity index (χ4n) is 6.08. The lowest BCUT2D eigenvalue weighted by Gasteiger charge is -2.34. The van der Waals surface area contributed by atoms with Gasteiger partial charge in [-0.2, -0.15) is 0 Å². The van der Waals surface area contributed by atoms with Crippen molar-refractivity contribution < 1.29 is 0 Å². The van der Waals surface area contributed by atoms with Crippen LogP contribution >= 0.6 is 0 Å². The minimum absolute atomic E-state index is 0.659. The number of rotatable bonds is 4. The number of H-pyrrole nitrogens is 1. The Labute approximate surface area is 211 Å². The molecule has 0 bridgehead atoms. The van der Waals surface area contributed by atoms with Crippen LogP contribution in [0.1, 0.15) is 42.2 Å². The second-order valence-electron chi connectivity index (χ2n) is 10.5. The second kappa shape index (κ2) is 8.64. The van der Waals surface area contributed by atoms with E-state index in [0.29, 0.717) is 6.04 Å². The van der Waals surface area contributed by atoms with Crippen LogP contribution in [0.2, 0.25) is 0 Å². The monoisotopic (exact) mass is 480 g/mol. The number of aryl methyl sites for hydroxylation is 2. The smallest absolute Gasteiger partial charge is 0.156 e. The molecule has 7 rings (SSSR count). The van der Waals surface area contributed by atoms with Crippen molar-refractivity contribution in [3.8, 4) is 34.2 Å². The Bertz CT molecular complexity index is 1400. The zero-order chi connectivity index (χ0) is 24.2. The highest BCUT2D eigenvalue weighted by Gasteiger charge is 2.31. The van der Waals surface area contributed by atoms with Crippen molar-refractivity contribution >= 4 is 0 Å². The van der Waals surface area contributed by atoms with E-state index in [4.69, 9.17) is 19.9 Å². The molecule has 8 nitrogen and oxygen atoms in total. The second-order valence-corrected chi connectivity index (χ2v) is 10.5. The maximum absolute atomic E-state index is 5.03. The van der Waals surface area contributed by atoms with Gasteiger partial charge in [0.05, 0.1) is 22.8 Å². The van der Waals surface area contributed by atoms with Crippen LogP contribution in [-0.4, -0.2) is 65.5 Å². The molecule has 36 heavy (non-hydrogen) atoms. The lowest BCUT2D eigenvalue weighted by atomic mass is 10.0. The molecule has 3 aliphatic rings. The molecule has 184 valence electrons. The van der Waals surface area contributed by atoms with Gasteiger partial charge in [0.15, 0.2) is 5.82 Å². The van der Waals surface area contributed by atoms with Crippen LogP contribution in [0.25, 0.3) is 34.2 Å². The molecule has 1 saturated heterocycles. The lowest BCUT2D eigenvalue weighted by Crippen LogP contribution is -2.41. The van der Waals surface area contributed by atoms with Crippen LogP contribution in [0.3, 0.4) is 0 Å². The number of hydrogen-bond acceptors (Lipinski definition) is 6. The van der Waals surface area contributed by atoms with Gasteiger partial charge >= 0.3 is 0 Å². The molecule has 0 spiro atoms. The van der Waals surface area contributed by atoms with Crippen LogP contribution < -0.4 is 0 Å². The van der Waals surface area contributed by atoms with E-state index < -0.39 is 0 Å². The molecule has 4 aromatic heterocycles. The standard InChI is InChI=1S/C28H32N8/c1-18-5-3-6-21(30-18)26-27(36-12-4-7-25(36)33-26)19-8-11-29-22(15-19)28-31-23-16-35(17-24(23)32-28)20-9-13-34(2)14-10-20/h3,5-6,8,11,15,20H,4,7,9-10,12-14,16-17H2,1-2H3,(H,31,32). The summed E-state index contributed by atoms with van der Waals surface area (Å²) in [6.45, 7) is 7.27. The summed E-state index contributed by atoms with van der Waals surface area (Å²) in [5.74, 6) is 2.01. The van der Waals surface area contributed by atoms with E-state index in [0.717, 1.165) is 78.2 Å². The van der Waals surface area contributed by atoms with Crippen molar-refractivity contribution in [2.75, 3.05) is 20.1 Å². The number of likely N-dealkylation sites (tertiary alicyclic amines) is 1. The summed E-state index contributed by atoms with van der Waals surface area (Å²) in [4.78, 5) is 28.1. The average Bonchev–Trinajstić information content (AvgIpc) is 3.64. The Kier molecular flexibility index (Phi) is 5.25. The number of imidazole rings is 2. The Morgan fingerprint density at radius 2 is 1.86 bits per heavy atom. The Morgan fingerprint density at radius 1 is 0.972 bits per heavy atom. The van der Waals surface area contributed by atoms with Gasteiger partial charge in [-0.1, -0.05) is 6.07 Å². The summed E-state index contributed by atoms with van der Waals surface area (Å²) >= 11 is 0. The van der Waals surface area contributed by atoms with Crippen LogP contribution in [0.5, 0.6) is 0 Å². The van der Waals surface area contributed by atoms with Gasteiger partial charge in [-0.15, -0.1) is 0 Å². The zero-order valence-corrected chi connectivity index (χ0v) is 21.0. The summed E-state index contributed by atoms with van der Waals surface area (Å²) in [5.41, 5.74) is 8.43. The number of fused-ring (bicyclic) bond motifs is 2. The minimum Gasteiger partial charge on any atom is -0.339 e. The molecule has 4 aromatic rings. The number of aromatic amines is 1. The van der Waals surface area contributed by atoms with E-state index in [9.17, 15) is 0 Å². The molecule has 0 unspecified atom stereocenters. The summed E-state index contributed by atoms with van der Waals surface area (Å²) in [7, 11) is 2.22. The summed E-state index contributed by atoms with van der Waals surface area (Å²) in [6, 6.07) is 11.1. The molecule has 3 aliphatic heterocycles. The van der Waals surface area contributed by atoms with E-state index in [1.807, 2.05) is 19.2 Å². The Balaban J connectivity index is 1.20. The molecular weight excluding hydrogens is 448 g/mol. The van der Waals surface area contributed by atoms with Crippen LogP contribution in [0.4, 0.5) is 0 Å². The first kappa shape index (κ1) is 21.9. The first-order chi connectivity index (χ1) is 17.6. The third-order valence-corrected chi connectivity index (χ3v) is 8.02. The largest absolute Gasteiger partial charge is 0.339 e. The van der Waals surface area contributed by atoms with Gasteiger partial charge < -0.3 is 14.5 Å². The van der Waals surface area contributed by atoms with E-state index >= 15 is 0 Å². The van der Waals surface area contributed by atoms with Gasteiger partial charge in [-0.3, -0.25) is 14.9 Å². The van der Waals surface area contributed by atoms with Gasteiger partial charge in [0.25, 0.3) is 0 Å². The van der Waals surface area contributed by atoms with E-state index in [-0.39, 0.29) is 0 Å². The van der Waals surface area contributed by atoms with Crippen LogP contribution in [-0.2, 0) is 26.1 Å². The zero-order valence-electron chi connectivity index (χ0n) is 21.0. The number of hydrogen-bond donors (Lipinski definition) is 1. The lowest BCUT2D eigenvalue weighted by molar-refractivity contribution is 0.118. The maximum Gasteiger partial charge on any atom is 0.156 e. The van der Waals surface area contributed by atoms with Gasteiger partial charge in [-0.25, -0.2) is 9.97 Å². The molecule has 0 aliphatic carbocycles. The first-order valence-corrected chi connectivity index (χ1v) is 13.1. The predicted molar refractivity (Wildman–Crippen MR) is 139 cm³/mol. The fraction of sp³-hybridized carbons (Fsp3) is 0.429. The number of pyridine rings is 2. The Hall–Kier alpha value is -3.36. The van der Waals surface area contributed by atoms with Crippen molar-refractivity contribution in [1.29, 1.82) is 0 Å². The van der Waals surface area contributed by atoms with E-state index in [1.165, 1.54) is 37.3 Å². The van der Waals surface area contributed by atoms with Gasteiger partial charge in [0.2, 0.25) is 0 Å². The summed E-state index contributed by atoms with van der Waals surface area (Å²) in [5, 5.41) is 0. The third-order valence-electron chi connectivity index (χ3n) is 8.02. The maximum atomic E-state index is 5.03. The highest BCUT2D eigenvalue weighted by Crippen LogP contribution is 2.36. The normalized spacial score (nSPS) is 18.6. The summed E-state index contributed by atoms with van der Waals surface area (Å²) < 4.78 is 2.36. The minimum atomic E-state index is 0.659. The fourth-order valence-corrected chi connectivity index (χ4v) is 6.08. The van der Waals surface area contributed by atoms with Crippen molar-refractivity contribution in [2.24, 2.45) is 0 Å². The molecule has 0 amide bonds. The molecule has 0 saturated carbocycles. The van der Waals surface area contributed by atoms with E-state index in [1.54, 1.807) is 0 Å². The van der Waals surface area contributed by atoms with Gasteiger partial charge in [0.1, 0.15) is 17.2 Å². The van der Waals surface area contributed by atoms with Gasteiger partial charge in [-0.05, 0) is 70.6 Å². The topological polar surface area (TPSA) is 78.8 Å². The molecule has 0 aromatic carbocycles. The van der Waals surface area contributed by atoms with Crippen molar-refractivity contribution in [3.05, 3.63) is 59.4 Å². The molecule has 0 atom stereocenters. The quantitative estimate of drug-likeness (QED) is 0.475. The van der Waals surface area contributed by atoms with Crippen LogP contribution in [0.15, 0.2) is 36.5 Å². The van der Waals surface area contributed by atoms with Crippen molar-refractivity contribution in [3.63, 3.8) is 0 Å². The molecule has 8 heteroatoms. The van der Waals surface area contributed by atoms with Crippen molar-refractivity contribution in [1.82, 2.24) is 39.3 Å². The third kappa shape index (κ3) is 3.76. The summed E-state index contributed by atoms with van der Waals surface area (Å²) in [6.07, 6.45) is 6.52. The number of nitrogens with one attached hydrogen (secondary N) is 1. The van der Waals surface area contributed by atoms with Crippen molar-refractivity contribution in [2.45, 2.75) is 58.3 Å². The molecule has 1 fully saturated rings.